The molecule has 0 aromatic heterocycles. The number of likely N-dealkylation sites (tertiary alicyclic amines) is 1. The Labute approximate surface area is 104 Å². The predicted octanol–water partition coefficient (Wildman–Crippen LogP) is 0.945. The molecule has 1 saturated heterocycles. The Morgan fingerprint density at radius 1 is 1.17 bits per heavy atom. The van der Waals surface area contributed by atoms with Crippen LogP contribution >= 0.6 is 0 Å². The van der Waals surface area contributed by atoms with E-state index in [1.165, 1.54) is 0 Å². The van der Waals surface area contributed by atoms with Crippen LogP contribution in [0.2, 0.25) is 0 Å². The zero-order chi connectivity index (χ0) is 12.9. The lowest BCUT2D eigenvalue weighted by molar-refractivity contribution is -0.170. The zero-order valence-electron chi connectivity index (χ0n) is 9.96. The molecule has 0 spiro atoms. The molecule has 2 amide bonds. The summed E-state index contributed by atoms with van der Waals surface area (Å²) in [5, 5.41) is 9.35. The van der Waals surface area contributed by atoms with Crippen molar-refractivity contribution >= 4 is 17.8 Å². The van der Waals surface area contributed by atoms with Crippen molar-refractivity contribution in [3.8, 4) is 0 Å². The molecular weight excluding hydrogens is 234 g/mol. The number of aliphatic carboxylic acids is 1. The molecule has 18 heavy (non-hydrogen) atoms. The molecule has 96 valence electrons. The van der Waals surface area contributed by atoms with Crippen molar-refractivity contribution in [3.63, 3.8) is 0 Å². The molecule has 1 heterocycles. The van der Waals surface area contributed by atoms with Gasteiger partial charge in [0.25, 0.3) is 0 Å². The molecule has 3 rings (SSSR count). The summed E-state index contributed by atoms with van der Waals surface area (Å²) in [7, 11) is 0. The smallest absolute Gasteiger partial charge is 0.330 e. The van der Waals surface area contributed by atoms with Crippen molar-refractivity contribution in [1.82, 2.24) is 4.90 Å². The second kappa shape index (κ2) is 3.67. The van der Waals surface area contributed by atoms with Crippen LogP contribution < -0.4 is 0 Å². The Hall–Kier alpha value is -1.65. The van der Waals surface area contributed by atoms with Crippen molar-refractivity contribution in [2.24, 2.45) is 11.8 Å². The lowest BCUT2D eigenvalue weighted by Gasteiger charge is -2.43. The monoisotopic (exact) mass is 249 g/mol. The van der Waals surface area contributed by atoms with Gasteiger partial charge in [-0.2, -0.15) is 0 Å². The van der Waals surface area contributed by atoms with Crippen LogP contribution in [0.3, 0.4) is 0 Å². The number of allylic oxidation sites excluding steroid dienone is 2. The van der Waals surface area contributed by atoms with Crippen molar-refractivity contribution in [2.45, 2.75) is 37.6 Å². The Bertz CT molecular complexity index is 438. The van der Waals surface area contributed by atoms with Gasteiger partial charge in [0.05, 0.1) is 11.8 Å². The Kier molecular flexibility index (Phi) is 2.33. The fourth-order valence-corrected chi connectivity index (χ4v) is 3.27. The molecule has 2 atom stereocenters. The largest absolute Gasteiger partial charge is 0.479 e. The van der Waals surface area contributed by atoms with E-state index in [9.17, 15) is 19.5 Å². The molecule has 0 bridgehead atoms. The van der Waals surface area contributed by atoms with Crippen molar-refractivity contribution in [3.05, 3.63) is 12.2 Å². The van der Waals surface area contributed by atoms with Crippen LogP contribution in [0, 0.1) is 11.8 Å². The normalized spacial score (nSPS) is 33.2. The number of hydrogen-bond donors (Lipinski definition) is 1. The molecular formula is C13H15NO4. The molecule has 0 radical (unpaired) electrons. The van der Waals surface area contributed by atoms with Crippen molar-refractivity contribution in [2.75, 3.05) is 0 Å². The van der Waals surface area contributed by atoms with E-state index in [0.717, 1.165) is 11.3 Å². The van der Waals surface area contributed by atoms with Crippen molar-refractivity contribution in [1.29, 1.82) is 0 Å². The lowest BCUT2D eigenvalue weighted by Crippen LogP contribution is -2.61. The SMILES string of the molecule is O=C1C2CC=CCC2C(=O)N1C1(C(=O)O)CCC1. The molecule has 2 unspecified atom stereocenters. The maximum atomic E-state index is 12.3. The van der Waals surface area contributed by atoms with E-state index in [1.807, 2.05) is 12.2 Å². The van der Waals surface area contributed by atoms with Crippen LogP contribution in [0.25, 0.3) is 0 Å². The summed E-state index contributed by atoms with van der Waals surface area (Å²) in [4.78, 5) is 37.1. The first-order valence-corrected chi connectivity index (χ1v) is 6.34. The number of hydrogen-bond acceptors (Lipinski definition) is 3. The number of carboxylic acids is 1. The summed E-state index contributed by atoms with van der Waals surface area (Å²) < 4.78 is 0. The van der Waals surface area contributed by atoms with E-state index in [4.69, 9.17) is 0 Å². The van der Waals surface area contributed by atoms with Gasteiger partial charge in [0.15, 0.2) is 0 Å². The Morgan fingerprint density at radius 2 is 1.67 bits per heavy atom. The van der Waals surface area contributed by atoms with E-state index in [-0.39, 0.29) is 23.7 Å². The van der Waals surface area contributed by atoms with Crippen LogP contribution in [0.5, 0.6) is 0 Å². The lowest BCUT2D eigenvalue weighted by atomic mass is 9.75. The second-order valence-corrected chi connectivity index (χ2v) is 5.36. The number of carbonyl (C=O) groups is 3. The highest BCUT2D eigenvalue weighted by molar-refractivity contribution is 6.09. The quantitative estimate of drug-likeness (QED) is 0.584. The summed E-state index contributed by atoms with van der Waals surface area (Å²) in [5.41, 5.74) is -1.24. The summed E-state index contributed by atoms with van der Waals surface area (Å²) >= 11 is 0. The molecule has 3 aliphatic rings. The second-order valence-electron chi connectivity index (χ2n) is 5.36. The minimum absolute atomic E-state index is 0.281. The zero-order valence-corrected chi connectivity index (χ0v) is 9.96. The van der Waals surface area contributed by atoms with Gasteiger partial charge in [-0.3, -0.25) is 14.5 Å². The van der Waals surface area contributed by atoms with E-state index in [0.29, 0.717) is 25.7 Å². The molecule has 5 heteroatoms. The van der Waals surface area contributed by atoms with Gasteiger partial charge in [-0.15, -0.1) is 0 Å². The maximum Gasteiger partial charge on any atom is 0.330 e. The standard InChI is InChI=1S/C13H15NO4/c15-10-8-4-1-2-5-9(8)11(16)14(10)13(12(17)18)6-3-7-13/h1-2,8-9H,3-7H2,(H,17,18). The predicted molar refractivity (Wildman–Crippen MR) is 61.4 cm³/mol. The summed E-state index contributed by atoms with van der Waals surface area (Å²) in [6.07, 6.45) is 6.48. The number of carboxylic acid groups (broad SMARTS) is 1. The average molecular weight is 249 g/mol. The third kappa shape index (κ3) is 1.24. The average Bonchev–Trinajstić information content (AvgIpc) is 2.54. The topological polar surface area (TPSA) is 74.7 Å². The van der Waals surface area contributed by atoms with Crippen molar-refractivity contribution < 1.29 is 19.5 Å². The molecule has 1 N–H and O–H groups in total. The highest BCUT2D eigenvalue weighted by atomic mass is 16.4. The number of fused-ring (bicyclic) bond motifs is 1. The van der Waals surface area contributed by atoms with Crippen LogP contribution in [0.4, 0.5) is 0 Å². The number of imide groups is 1. The van der Waals surface area contributed by atoms with Gasteiger partial charge in [-0.05, 0) is 32.1 Å². The Balaban J connectivity index is 1.97. The van der Waals surface area contributed by atoms with E-state index in [2.05, 4.69) is 0 Å². The highest BCUT2D eigenvalue weighted by Gasteiger charge is 2.60. The van der Waals surface area contributed by atoms with Crippen LogP contribution in [-0.2, 0) is 14.4 Å². The van der Waals surface area contributed by atoms with Gasteiger partial charge in [-0.1, -0.05) is 12.2 Å². The first kappa shape index (κ1) is 11.4. The number of amides is 2. The Morgan fingerprint density at radius 3 is 2.00 bits per heavy atom. The first-order valence-electron chi connectivity index (χ1n) is 6.34. The van der Waals surface area contributed by atoms with Gasteiger partial charge in [0.2, 0.25) is 11.8 Å². The molecule has 2 aliphatic carbocycles. The van der Waals surface area contributed by atoms with Gasteiger partial charge in [0.1, 0.15) is 5.54 Å². The van der Waals surface area contributed by atoms with E-state index >= 15 is 0 Å². The van der Waals surface area contributed by atoms with Gasteiger partial charge < -0.3 is 5.11 Å². The number of nitrogens with zero attached hydrogens (tertiary/aromatic N) is 1. The molecule has 2 fully saturated rings. The minimum atomic E-state index is -1.24. The number of carbonyl (C=O) groups excluding carboxylic acids is 2. The fourth-order valence-electron chi connectivity index (χ4n) is 3.27. The van der Waals surface area contributed by atoms with E-state index in [1.54, 1.807) is 0 Å². The van der Waals surface area contributed by atoms with E-state index < -0.39 is 11.5 Å². The van der Waals surface area contributed by atoms with Gasteiger partial charge >= 0.3 is 5.97 Å². The number of rotatable bonds is 2. The van der Waals surface area contributed by atoms with Crippen LogP contribution in [0.15, 0.2) is 12.2 Å². The maximum absolute atomic E-state index is 12.3. The van der Waals surface area contributed by atoms with Crippen LogP contribution in [0.1, 0.15) is 32.1 Å². The summed E-state index contributed by atoms with van der Waals surface area (Å²) in [6.45, 7) is 0. The summed E-state index contributed by atoms with van der Waals surface area (Å²) in [6, 6.07) is 0. The van der Waals surface area contributed by atoms with Gasteiger partial charge in [0, 0.05) is 0 Å². The van der Waals surface area contributed by atoms with Crippen LogP contribution in [-0.4, -0.2) is 33.3 Å². The highest BCUT2D eigenvalue weighted by Crippen LogP contribution is 2.45. The fraction of sp³-hybridized carbons (Fsp3) is 0.615. The third-order valence-electron chi connectivity index (χ3n) is 4.51. The molecule has 0 aromatic carbocycles. The molecule has 0 aromatic rings. The molecule has 1 saturated carbocycles. The molecule has 1 aliphatic heterocycles. The molecule has 5 nitrogen and oxygen atoms in total. The minimum Gasteiger partial charge on any atom is -0.479 e. The first-order chi connectivity index (χ1) is 8.58. The third-order valence-corrected chi connectivity index (χ3v) is 4.51. The summed E-state index contributed by atoms with van der Waals surface area (Å²) in [5.74, 6) is -2.27. The van der Waals surface area contributed by atoms with Gasteiger partial charge in [-0.25, -0.2) is 4.79 Å².